The van der Waals surface area contributed by atoms with Crippen LogP contribution in [0.1, 0.15) is 21.1 Å². The van der Waals surface area contributed by atoms with E-state index in [1.807, 2.05) is 31.2 Å². The number of carbonyl (C=O) groups excluding carboxylic acids is 1. The summed E-state index contributed by atoms with van der Waals surface area (Å²) in [5.74, 6) is -0.378. The third-order valence-electron chi connectivity index (χ3n) is 2.81. The number of pyridine rings is 1. The average Bonchev–Trinajstić information content (AvgIpc) is 2.88. The number of rotatable bonds is 3. The molecule has 0 atom stereocenters. The summed E-state index contributed by atoms with van der Waals surface area (Å²) in [6, 6.07) is 11.4. The highest BCUT2D eigenvalue weighted by Crippen LogP contribution is 2.22. The lowest BCUT2D eigenvalue weighted by molar-refractivity contribution is 0.0472. The Kier molecular flexibility index (Phi) is 3.43. The summed E-state index contributed by atoms with van der Waals surface area (Å²) in [5.41, 5.74) is 2.25. The highest BCUT2D eigenvalue weighted by atomic mass is 32.1. The first-order valence-corrected chi connectivity index (χ1v) is 6.98. The molecule has 0 spiro atoms. The van der Waals surface area contributed by atoms with Gasteiger partial charge in [0.05, 0.1) is 15.8 Å². The van der Waals surface area contributed by atoms with Gasteiger partial charge in [-0.1, -0.05) is 12.1 Å². The Balaban J connectivity index is 1.69. The van der Waals surface area contributed by atoms with Crippen molar-refractivity contribution in [2.45, 2.75) is 13.5 Å². The van der Waals surface area contributed by atoms with Gasteiger partial charge in [0.2, 0.25) is 0 Å². The molecule has 0 aliphatic heterocycles. The third kappa shape index (κ3) is 2.67. The number of carbonyl (C=O) groups is 1. The number of ether oxygens (including phenoxy) is 1. The van der Waals surface area contributed by atoms with Crippen LogP contribution in [0.4, 0.5) is 0 Å². The number of fused-ring (bicyclic) bond motifs is 1. The number of nitrogens with zero attached hydrogens (tertiary/aromatic N) is 2. The van der Waals surface area contributed by atoms with E-state index in [2.05, 4.69) is 9.97 Å². The molecule has 0 fully saturated rings. The molecule has 3 aromatic rings. The zero-order valence-electron chi connectivity index (χ0n) is 10.9. The normalized spacial score (nSPS) is 10.7. The Hall–Kier alpha value is -2.27. The standard InChI is InChI=1S/C15H12N2O2S/c1-10-6-7-11(8-16-10)15(18)19-9-14-17-12-4-2-3-5-13(12)20-14/h2-8H,9H2,1H3. The summed E-state index contributed by atoms with van der Waals surface area (Å²) in [6.45, 7) is 2.06. The number of hydrogen-bond donors (Lipinski definition) is 0. The molecule has 100 valence electrons. The van der Waals surface area contributed by atoms with Crippen LogP contribution >= 0.6 is 11.3 Å². The number of thiazole rings is 1. The molecule has 0 unspecified atom stereocenters. The molecular formula is C15H12N2O2S. The molecule has 0 amide bonds. The van der Waals surface area contributed by atoms with Gasteiger partial charge in [-0.25, -0.2) is 9.78 Å². The minimum atomic E-state index is -0.378. The van der Waals surface area contributed by atoms with Crippen LogP contribution in [0.3, 0.4) is 0 Å². The van der Waals surface area contributed by atoms with Gasteiger partial charge in [-0.3, -0.25) is 4.98 Å². The minimum absolute atomic E-state index is 0.187. The maximum atomic E-state index is 11.9. The van der Waals surface area contributed by atoms with Gasteiger partial charge in [-0.15, -0.1) is 11.3 Å². The summed E-state index contributed by atoms with van der Waals surface area (Å²) < 4.78 is 6.35. The SMILES string of the molecule is Cc1ccc(C(=O)OCc2nc3ccccc3s2)cn1. The van der Waals surface area contributed by atoms with Crippen LogP contribution in [0.25, 0.3) is 10.2 Å². The Bertz CT molecular complexity index is 717. The lowest BCUT2D eigenvalue weighted by atomic mass is 10.2. The van der Waals surface area contributed by atoms with Gasteiger partial charge in [-0.05, 0) is 31.2 Å². The summed E-state index contributed by atoms with van der Waals surface area (Å²) in [6.07, 6.45) is 1.52. The first kappa shape index (κ1) is 12.7. The van der Waals surface area contributed by atoms with Crippen LogP contribution in [0.15, 0.2) is 42.6 Å². The van der Waals surface area contributed by atoms with Crippen LogP contribution < -0.4 is 0 Å². The fourth-order valence-corrected chi connectivity index (χ4v) is 2.66. The topological polar surface area (TPSA) is 52.1 Å². The molecule has 0 bridgehead atoms. The van der Waals surface area contributed by atoms with E-state index in [-0.39, 0.29) is 12.6 Å². The summed E-state index contributed by atoms with van der Waals surface area (Å²) >= 11 is 1.53. The molecule has 4 nitrogen and oxygen atoms in total. The van der Waals surface area contributed by atoms with Crippen LogP contribution in [0.2, 0.25) is 0 Å². The third-order valence-corrected chi connectivity index (χ3v) is 3.82. The Morgan fingerprint density at radius 2 is 2.10 bits per heavy atom. The first-order chi connectivity index (χ1) is 9.72. The fraction of sp³-hybridized carbons (Fsp3) is 0.133. The Morgan fingerprint density at radius 3 is 2.85 bits per heavy atom. The van der Waals surface area contributed by atoms with Crippen molar-refractivity contribution in [3.8, 4) is 0 Å². The maximum Gasteiger partial charge on any atom is 0.340 e. The van der Waals surface area contributed by atoms with E-state index in [1.165, 1.54) is 17.5 Å². The van der Waals surface area contributed by atoms with Crippen molar-refractivity contribution in [3.05, 3.63) is 58.9 Å². The van der Waals surface area contributed by atoms with E-state index >= 15 is 0 Å². The molecule has 20 heavy (non-hydrogen) atoms. The highest BCUT2D eigenvalue weighted by molar-refractivity contribution is 7.18. The molecule has 0 radical (unpaired) electrons. The molecule has 0 aliphatic carbocycles. The van der Waals surface area contributed by atoms with Crippen LogP contribution in [0.5, 0.6) is 0 Å². The molecule has 0 N–H and O–H groups in total. The van der Waals surface area contributed by atoms with Crippen molar-refractivity contribution in [2.24, 2.45) is 0 Å². The van der Waals surface area contributed by atoms with Crippen LogP contribution in [-0.2, 0) is 11.3 Å². The summed E-state index contributed by atoms with van der Waals surface area (Å²) in [5, 5.41) is 0.791. The second-order valence-electron chi connectivity index (χ2n) is 4.34. The quantitative estimate of drug-likeness (QED) is 0.692. The molecule has 2 heterocycles. The number of esters is 1. The number of aryl methyl sites for hydroxylation is 1. The molecule has 0 saturated carbocycles. The van der Waals surface area contributed by atoms with E-state index in [4.69, 9.17) is 4.74 Å². The van der Waals surface area contributed by atoms with Crippen LogP contribution in [0, 0.1) is 6.92 Å². The molecule has 0 aliphatic rings. The number of benzene rings is 1. The van der Waals surface area contributed by atoms with E-state index in [1.54, 1.807) is 12.1 Å². The van der Waals surface area contributed by atoms with E-state index in [0.717, 1.165) is 20.9 Å². The molecular weight excluding hydrogens is 272 g/mol. The zero-order chi connectivity index (χ0) is 13.9. The van der Waals surface area contributed by atoms with Gasteiger partial charge in [0.1, 0.15) is 11.6 Å². The Labute approximate surface area is 120 Å². The zero-order valence-corrected chi connectivity index (χ0v) is 11.7. The Morgan fingerprint density at radius 1 is 1.25 bits per heavy atom. The smallest absolute Gasteiger partial charge is 0.340 e. The second-order valence-corrected chi connectivity index (χ2v) is 5.45. The monoisotopic (exact) mass is 284 g/mol. The second kappa shape index (κ2) is 5.38. The van der Waals surface area contributed by atoms with Gasteiger partial charge in [0.25, 0.3) is 0 Å². The van der Waals surface area contributed by atoms with Crippen molar-refractivity contribution in [3.63, 3.8) is 0 Å². The largest absolute Gasteiger partial charge is 0.455 e. The molecule has 3 rings (SSSR count). The number of aromatic nitrogens is 2. The van der Waals surface area contributed by atoms with Crippen molar-refractivity contribution >= 4 is 27.5 Å². The van der Waals surface area contributed by atoms with E-state index in [9.17, 15) is 4.79 Å². The summed E-state index contributed by atoms with van der Waals surface area (Å²) in [4.78, 5) is 20.4. The van der Waals surface area contributed by atoms with E-state index < -0.39 is 0 Å². The molecule has 5 heteroatoms. The van der Waals surface area contributed by atoms with Gasteiger partial charge < -0.3 is 4.74 Å². The van der Waals surface area contributed by atoms with Gasteiger partial charge in [0.15, 0.2) is 0 Å². The van der Waals surface area contributed by atoms with Crippen molar-refractivity contribution in [1.29, 1.82) is 0 Å². The van der Waals surface area contributed by atoms with E-state index in [0.29, 0.717) is 5.56 Å². The predicted octanol–water partition coefficient (Wildman–Crippen LogP) is 3.36. The average molecular weight is 284 g/mol. The van der Waals surface area contributed by atoms with Gasteiger partial charge >= 0.3 is 5.97 Å². The molecule has 0 saturated heterocycles. The van der Waals surface area contributed by atoms with Crippen molar-refractivity contribution in [1.82, 2.24) is 9.97 Å². The first-order valence-electron chi connectivity index (χ1n) is 6.16. The fourth-order valence-electron chi connectivity index (χ4n) is 1.78. The van der Waals surface area contributed by atoms with Gasteiger partial charge in [-0.2, -0.15) is 0 Å². The number of para-hydroxylation sites is 1. The molecule has 2 aromatic heterocycles. The van der Waals surface area contributed by atoms with Crippen molar-refractivity contribution in [2.75, 3.05) is 0 Å². The van der Waals surface area contributed by atoms with Crippen molar-refractivity contribution < 1.29 is 9.53 Å². The maximum absolute atomic E-state index is 11.9. The predicted molar refractivity (Wildman–Crippen MR) is 77.7 cm³/mol. The number of hydrogen-bond acceptors (Lipinski definition) is 5. The lowest BCUT2D eigenvalue weighted by Gasteiger charge is -2.02. The highest BCUT2D eigenvalue weighted by Gasteiger charge is 2.09. The minimum Gasteiger partial charge on any atom is -0.455 e. The van der Waals surface area contributed by atoms with Gasteiger partial charge in [0, 0.05) is 11.9 Å². The van der Waals surface area contributed by atoms with Crippen LogP contribution in [-0.4, -0.2) is 15.9 Å². The lowest BCUT2D eigenvalue weighted by Crippen LogP contribution is -2.05. The molecule has 1 aromatic carbocycles. The summed E-state index contributed by atoms with van der Waals surface area (Å²) in [7, 11) is 0.